The molecule has 0 spiro atoms. The highest BCUT2D eigenvalue weighted by atomic mass is 16.3. The van der Waals surface area contributed by atoms with Gasteiger partial charge in [0.1, 0.15) is 11.6 Å². The van der Waals surface area contributed by atoms with Crippen molar-refractivity contribution in [1.29, 1.82) is 0 Å². The second-order valence-electron chi connectivity index (χ2n) is 4.23. The van der Waals surface area contributed by atoms with Gasteiger partial charge in [-0.1, -0.05) is 24.3 Å². The fourth-order valence-corrected chi connectivity index (χ4v) is 2.12. The molecule has 2 aromatic carbocycles. The quantitative estimate of drug-likeness (QED) is 0.735. The van der Waals surface area contributed by atoms with Gasteiger partial charge < -0.3 is 10.4 Å². The van der Waals surface area contributed by atoms with Gasteiger partial charge in [0, 0.05) is 18.0 Å². The average molecular weight is 251 g/mol. The molecule has 4 heteroatoms. The topological polar surface area (TPSA) is 58.0 Å². The molecule has 0 bridgehead atoms. The lowest BCUT2D eigenvalue weighted by molar-refractivity contribution is 0.481. The van der Waals surface area contributed by atoms with Gasteiger partial charge in [-0.25, -0.2) is 0 Å². The zero-order chi connectivity index (χ0) is 13.2. The van der Waals surface area contributed by atoms with E-state index < -0.39 is 0 Å². The number of nitrogens with zero attached hydrogens (tertiary/aromatic N) is 2. The van der Waals surface area contributed by atoms with Gasteiger partial charge in [0.15, 0.2) is 0 Å². The van der Waals surface area contributed by atoms with Crippen LogP contribution in [-0.2, 0) is 0 Å². The van der Waals surface area contributed by atoms with Crippen molar-refractivity contribution in [3.8, 4) is 17.0 Å². The summed E-state index contributed by atoms with van der Waals surface area (Å²) in [5.41, 5.74) is 1.75. The number of phenols is 1. The lowest BCUT2D eigenvalue weighted by Crippen LogP contribution is -1.95. The molecule has 94 valence electrons. The van der Waals surface area contributed by atoms with Gasteiger partial charge in [0.05, 0.1) is 5.69 Å². The summed E-state index contributed by atoms with van der Waals surface area (Å²) in [5.74, 6) is 1.01. The van der Waals surface area contributed by atoms with Gasteiger partial charge in [0.25, 0.3) is 0 Å². The van der Waals surface area contributed by atoms with Crippen LogP contribution in [0.1, 0.15) is 0 Å². The van der Waals surface area contributed by atoms with E-state index in [0.717, 1.165) is 27.8 Å². The zero-order valence-electron chi connectivity index (χ0n) is 10.5. The van der Waals surface area contributed by atoms with E-state index >= 15 is 0 Å². The molecular formula is C15H13N3O. The van der Waals surface area contributed by atoms with Crippen LogP contribution in [-0.4, -0.2) is 22.4 Å². The molecule has 0 aliphatic carbocycles. The van der Waals surface area contributed by atoms with Crippen LogP contribution in [0, 0.1) is 0 Å². The monoisotopic (exact) mass is 251 g/mol. The molecule has 0 saturated carbocycles. The van der Waals surface area contributed by atoms with E-state index in [2.05, 4.69) is 15.5 Å². The first-order chi connectivity index (χ1) is 9.29. The molecule has 1 heterocycles. The van der Waals surface area contributed by atoms with Gasteiger partial charge in [-0.2, -0.15) is 0 Å². The van der Waals surface area contributed by atoms with Crippen LogP contribution < -0.4 is 5.32 Å². The highest BCUT2D eigenvalue weighted by Gasteiger charge is 2.08. The van der Waals surface area contributed by atoms with Crippen molar-refractivity contribution in [3.05, 3.63) is 48.5 Å². The molecule has 4 nitrogen and oxygen atoms in total. The molecule has 0 saturated heterocycles. The molecule has 3 rings (SSSR count). The first-order valence-corrected chi connectivity index (χ1v) is 6.02. The predicted octanol–water partition coefficient (Wildman–Crippen LogP) is 3.04. The summed E-state index contributed by atoms with van der Waals surface area (Å²) in [4.78, 5) is 0. The zero-order valence-corrected chi connectivity index (χ0v) is 10.5. The molecule has 0 aliphatic rings. The molecule has 0 atom stereocenters. The summed E-state index contributed by atoms with van der Waals surface area (Å²) in [5, 5.41) is 22.9. The van der Waals surface area contributed by atoms with Crippen LogP contribution in [0.4, 0.5) is 5.82 Å². The van der Waals surface area contributed by atoms with E-state index in [-0.39, 0.29) is 5.75 Å². The summed E-state index contributed by atoms with van der Waals surface area (Å²) in [6.45, 7) is 0. The number of benzene rings is 2. The van der Waals surface area contributed by atoms with Crippen LogP contribution in [0.5, 0.6) is 5.75 Å². The first kappa shape index (κ1) is 11.5. The number of aromatic nitrogens is 2. The number of nitrogens with one attached hydrogen (secondary N) is 1. The summed E-state index contributed by atoms with van der Waals surface area (Å²) < 4.78 is 0. The van der Waals surface area contributed by atoms with Crippen LogP contribution in [0.3, 0.4) is 0 Å². The van der Waals surface area contributed by atoms with E-state index in [1.165, 1.54) is 0 Å². The Kier molecular flexibility index (Phi) is 2.76. The lowest BCUT2D eigenvalue weighted by Gasteiger charge is -2.07. The van der Waals surface area contributed by atoms with E-state index in [1.54, 1.807) is 13.1 Å². The van der Waals surface area contributed by atoms with Gasteiger partial charge >= 0.3 is 0 Å². The number of hydrogen-bond donors (Lipinski definition) is 2. The molecule has 0 radical (unpaired) electrons. The summed E-state index contributed by atoms with van der Waals surface area (Å²) >= 11 is 0. The molecule has 0 fully saturated rings. The second kappa shape index (κ2) is 4.57. The molecule has 3 aromatic rings. The summed E-state index contributed by atoms with van der Waals surface area (Å²) in [6, 6.07) is 15.1. The van der Waals surface area contributed by atoms with Gasteiger partial charge in [-0.15, -0.1) is 10.2 Å². The predicted molar refractivity (Wildman–Crippen MR) is 76.2 cm³/mol. The fraction of sp³-hybridized carbons (Fsp3) is 0.0667. The van der Waals surface area contributed by atoms with Crippen molar-refractivity contribution in [1.82, 2.24) is 10.2 Å². The minimum atomic E-state index is 0.277. The Morgan fingerprint density at radius 3 is 2.37 bits per heavy atom. The van der Waals surface area contributed by atoms with Crippen molar-refractivity contribution < 1.29 is 5.11 Å². The Labute approximate surface area is 110 Å². The highest BCUT2D eigenvalue weighted by molar-refractivity contribution is 5.99. The molecule has 19 heavy (non-hydrogen) atoms. The number of rotatable bonds is 2. The number of fused-ring (bicyclic) bond motifs is 1. The van der Waals surface area contributed by atoms with Crippen LogP contribution in [0.15, 0.2) is 48.5 Å². The van der Waals surface area contributed by atoms with E-state index in [4.69, 9.17) is 0 Å². The Hall–Kier alpha value is -2.62. The lowest BCUT2D eigenvalue weighted by atomic mass is 10.0. The number of hydrogen-bond acceptors (Lipinski definition) is 4. The van der Waals surface area contributed by atoms with E-state index in [9.17, 15) is 5.11 Å². The van der Waals surface area contributed by atoms with Crippen molar-refractivity contribution >= 4 is 16.6 Å². The average Bonchev–Trinajstić information content (AvgIpc) is 2.48. The number of phenolic OH excluding ortho intramolecular Hbond substituents is 1. The number of aromatic hydroxyl groups is 1. The molecular weight excluding hydrogens is 238 g/mol. The Morgan fingerprint density at radius 2 is 1.68 bits per heavy atom. The summed E-state index contributed by atoms with van der Waals surface area (Å²) in [6.07, 6.45) is 0. The van der Waals surface area contributed by atoms with Gasteiger partial charge in [0.2, 0.25) is 0 Å². The van der Waals surface area contributed by atoms with Crippen molar-refractivity contribution in [3.63, 3.8) is 0 Å². The maximum atomic E-state index is 9.88. The molecule has 1 aromatic heterocycles. The minimum absolute atomic E-state index is 0.277. The first-order valence-electron chi connectivity index (χ1n) is 6.02. The largest absolute Gasteiger partial charge is 0.507 e. The van der Waals surface area contributed by atoms with E-state index in [0.29, 0.717) is 0 Å². The number of anilines is 1. The van der Waals surface area contributed by atoms with Gasteiger partial charge in [-0.3, -0.25) is 0 Å². The Balaban J connectivity index is 2.21. The highest BCUT2D eigenvalue weighted by Crippen LogP contribution is 2.32. The third-order valence-electron chi connectivity index (χ3n) is 3.10. The molecule has 0 unspecified atom stereocenters. The smallest absolute Gasteiger partial charge is 0.148 e. The van der Waals surface area contributed by atoms with E-state index in [1.807, 2.05) is 42.5 Å². The third-order valence-corrected chi connectivity index (χ3v) is 3.10. The maximum Gasteiger partial charge on any atom is 0.148 e. The van der Waals surface area contributed by atoms with Crippen molar-refractivity contribution in [2.75, 3.05) is 12.4 Å². The van der Waals surface area contributed by atoms with Crippen LogP contribution in [0.25, 0.3) is 22.0 Å². The Morgan fingerprint density at radius 1 is 0.895 bits per heavy atom. The SMILES string of the molecule is CNc1ccc(-c2ccc(O)c3ccccc23)nn1. The molecule has 0 aliphatic heterocycles. The second-order valence-corrected chi connectivity index (χ2v) is 4.23. The van der Waals surface area contributed by atoms with Crippen molar-refractivity contribution in [2.45, 2.75) is 0 Å². The fourth-order valence-electron chi connectivity index (χ4n) is 2.12. The van der Waals surface area contributed by atoms with Gasteiger partial charge in [-0.05, 0) is 29.7 Å². The molecule has 2 N–H and O–H groups in total. The third kappa shape index (κ3) is 1.97. The van der Waals surface area contributed by atoms with Crippen molar-refractivity contribution in [2.24, 2.45) is 0 Å². The standard InChI is InChI=1S/C15H13N3O/c1-16-15-9-7-13(17-18-15)11-6-8-14(19)12-5-3-2-4-10(11)12/h2-9,19H,1H3,(H,16,18). The minimum Gasteiger partial charge on any atom is -0.507 e. The van der Waals surface area contributed by atoms with Crippen LogP contribution >= 0.6 is 0 Å². The maximum absolute atomic E-state index is 9.88. The summed E-state index contributed by atoms with van der Waals surface area (Å²) in [7, 11) is 1.81. The molecule has 0 amide bonds. The normalized spacial score (nSPS) is 10.6. The van der Waals surface area contributed by atoms with Crippen LogP contribution in [0.2, 0.25) is 0 Å². The Bertz CT molecular complexity index is 723.